The number of hydrogen-bond donors (Lipinski definition) is 1. The highest BCUT2D eigenvalue weighted by Gasteiger charge is 2.38. The van der Waals surface area contributed by atoms with E-state index in [4.69, 9.17) is 9.63 Å². The molecule has 0 radical (unpaired) electrons. The van der Waals surface area contributed by atoms with Crippen LogP contribution in [0.5, 0.6) is 0 Å². The summed E-state index contributed by atoms with van der Waals surface area (Å²) in [7, 11) is 0. The van der Waals surface area contributed by atoms with Crippen molar-refractivity contribution in [2.45, 2.75) is 38.4 Å². The van der Waals surface area contributed by atoms with E-state index in [1.807, 2.05) is 0 Å². The fourth-order valence-electron chi connectivity index (χ4n) is 2.30. The lowest BCUT2D eigenvalue weighted by Gasteiger charge is -2.06. The summed E-state index contributed by atoms with van der Waals surface area (Å²) in [5.74, 6) is -0.997. The number of halogens is 3. The lowest BCUT2D eigenvalue weighted by molar-refractivity contribution is -0.141. The van der Waals surface area contributed by atoms with E-state index in [1.165, 1.54) is 11.6 Å². The SMILES string of the molecule is Cc1onc(C(=O)O)c1Cn1nc(C(F)(F)F)cc1C1CC1. The van der Waals surface area contributed by atoms with Gasteiger partial charge in [-0.15, -0.1) is 0 Å². The first-order valence-corrected chi connectivity index (χ1v) is 6.60. The van der Waals surface area contributed by atoms with E-state index in [9.17, 15) is 18.0 Å². The Labute approximate surface area is 122 Å². The molecule has 0 bridgehead atoms. The molecule has 1 aliphatic rings. The maximum absolute atomic E-state index is 12.8. The number of aromatic carboxylic acids is 1. The van der Waals surface area contributed by atoms with Crippen LogP contribution in [0.25, 0.3) is 0 Å². The van der Waals surface area contributed by atoms with Gasteiger partial charge in [0.2, 0.25) is 0 Å². The van der Waals surface area contributed by atoms with E-state index in [-0.39, 0.29) is 29.5 Å². The van der Waals surface area contributed by atoms with Gasteiger partial charge in [0.05, 0.1) is 12.1 Å². The third-order valence-electron chi connectivity index (χ3n) is 3.59. The van der Waals surface area contributed by atoms with Crippen LogP contribution in [-0.4, -0.2) is 26.0 Å². The average Bonchev–Trinajstić information content (AvgIpc) is 3.06. The average molecular weight is 315 g/mol. The molecule has 0 unspecified atom stereocenters. The van der Waals surface area contributed by atoms with Crippen LogP contribution in [0, 0.1) is 6.92 Å². The summed E-state index contributed by atoms with van der Waals surface area (Å²) >= 11 is 0. The van der Waals surface area contributed by atoms with E-state index in [0.29, 0.717) is 5.69 Å². The van der Waals surface area contributed by atoms with Crippen molar-refractivity contribution in [2.75, 3.05) is 0 Å². The largest absolute Gasteiger partial charge is 0.476 e. The Bertz CT molecular complexity index is 729. The molecule has 2 aromatic heterocycles. The highest BCUT2D eigenvalue weighted by molar-refractivity contribution is 5.87. The zero-order chi connectivity index (χ0) is 16.1. The second-order valence-corrected chi connectivity index (χ2v) is 5.26. The molecule has 118 valence electrons. The van der Waals surface area contributed by atoms with Crippen LogP contribution >= 0.6 is 0 Å². The molecule has 0 aliphatic heterocycles. The number of aromatic nitrogens is 3. The van der Waals surface area contributed by atoms with Crippen molar-refractivity contribution in [2.24, 2.45) is 0 Å². The van der Waals surface area contributed by atoms with Crippen molar-refractivity contribution in [1.29, 1.82) is 0 Å². The molecule has 9 heteroatoms. The lowest BCUT2D eigenvalue weighted by atomic mass is 10.2. The third-order valence-corrected chi connectivity index (χ3v) is 3.59. The topological polar surface area (TPSA) is 81.1 Å². The molecule has 0 atom stereocenters. The number of carboxylic acids is 1. The zero-order valence-electron chi connectivity index (χ0n) is 11.5. The van der Waals surface area contributed by atoms with Crippen molar-refractivity contribution in [1.82, 2.24) is 14.9 Å². The molecule has 2 aromatic rings. The Kier molecular flexibility index (Phi) is 3.22. The zero-order valence-corrected chi connectivity index (χ0v) is 11.5. The van der Waals surface area contributed by atoms with Crippen LogP contribution in [0.2, 0.25) is 0 Å². The molecule has 1 saturated carbocycles. The van der Waals surface area contributed by atoms with Gasteiger partial charge in [0.25, 0.3) is 0 Å². The summed E-state index contributed by atoms with van der Waals surface area (Å²) in [6.45, 7) is 1.40. The molecule has 1 N–H and O–H groups in total. The first-order valence-electron chi connectivity index (χ1n) is 6.60. The monoisotopic (exact) mass is 315 g/mol. The van der Waals surface area contributed by atoms with Gasteiger partial charge < -0.3 is 9.63 Å². The number of carbonyl (C=O) groups is 1. The van der Waals surface area contributed by atoms with E-state index >= 15 is 0 Å². The standard InChI is InChI=1S/C13H12F3N3O3/c1-6-8(11(12(20)21)18-22-6)5-19-9(7-2-3-7)4-10(17-19)13(14,15)16/h4,7H,2-3,5H2,1H3,(H,20,21). The van der Waals surface area contributed by atoms with Crippen LogP contribution < -0.4 is 0 Å². The van der Waals surface area contributed by atoms with Crippen molar-refractivity contribution in [3.05, 3.63) is 34.5 Å². The van der Waals surface area contributed by atoms with Gasteiger partial charge in [-0.3, -0.25) is 4.68 Å². The predicted octanol–water partition coefficient (Wildman–Crippen LogP) is 2.82. The number of alkyl halides is 3. The third kappa shape index (κ3) is 2.58. The Morgan fingerprint density at radius 2 is 2.18 bits per heavy atom. The number of rotatable bonds is 4. The summed E-state index contributed by atoms with van der Waals surface area (Å²) in [6.07, 6.45) is -2.93. The molecular weight excluding hydrogens is 303 g/mol. The van der Waals surface area contributed by atoms with Crippen LogP contribution in [0.1, 0.15) is 52.0 Å². The van der Waals surface area contributed by atoms with Crippen LogP contribution in [0.4, 0.5) is 13.2 Å². The van der Waals surface area contributed by atoms with Gasteiger partial charge in [0.15, 0.2) is 11.4 Å². The summed E-state index contributed by atoms with van der Waals surface area (Å²) in [5, 5.41) is 16.1. The highest BCUT2D eigenvalue weighted by atomic mass is 19.4. The number of aryl methyl sites for hydroxylation is 1. The molecule has 2 heterocycles. The maximum Gasteiger partial charge on any atom is 0.435 e. The van der Waals surface area contributed by atoms with Gasteiger partial charge >= 0.3 is 12.1 Å². The predicted molar refractivity (Wildman–Crippen MR) is 66.5 cm³/mol. The minimum Gasteiger partial charge on any atom is -0.476 e. The second kappa shape index (κ2) is 4.85. The van der Waals surface area contributed by atoms with Gasteiger partial charge in [0.1, 0.15) is 5.76 Å². The lowest BCUT2D eigenvalue weighted by Crippen LogP contribution is -2.12. The maximum atomic E-state index is 12.8. The van der Waals surface area contributed by atoms with E-state index in [2.05, 4.69) is 10.3 Å². The summed E-state index contributed by atoms with van der Waals surface area (Å²) in [5.41, 5.74) is -0.584. The van der Waals surface area contributed by atoms with Gasteiger partial charge in [-0.05, 0) is 25.8 Å². The number of nitrogens with zero attached hydrogens (tertiary/aromatic N) is 3. The first-order chi connectivity index (χ1) is 10.3. The van der Waals surface area contributed by atoms with E-state index < -0.39 is 17.8 Å². The Hall–Kier alpha value is -2.32. The first kappa shape index (κ1) is 14.6. The minimum atomic E-state index is -4.53. The Morgan fingerprint density at radius 1 is 1.50 bits per heavy atom. The minimum absolute atomic E-state index is 0.0389. The Balaban J connectivity index is 2.00. The molecule has 3 rings (SSSR count). The van der Waals surface area contributed by atoms with Crippen LogP contribution in [0.15, 0.2) is 10.6 Å². The molecule has 0 saturated heterocycles. The fraction of sp³-hybridized carbons (Fsp3) is 0.462. The fourth-order valence-corrected chi connectivity index (χ4v) is 2.30. The number of carboxylic acid groups (broad SMARTS) is 1. The molecule has 6 nitrogen and oxygen atoms in total. The van der Waals surface area contributed by atoms with Gasteiger partial charge in [-0.1, -0.05) is 5.16 Å². The summed E-state index contributed by atoms with van der Waals surface area (Å²) in [6, 6.07) is 1.03. The molecule has 0 aromatic carbocycles. The van der Waals surface area contributed by atoms with Gasteiger partial charge in [0, 0.05) is 11.6 Å². The van der Waals surface area contributed by atoms with E-state index in [0.717, 1.165) is 18.9 Å². The van der Waals surface area contributed by atoms with E-state index in [1.54, 1.807) is 0 Å². The second-order valence-electron chi connectivity index (χ2n) is 5.26. The molecule has 1 aliphatic carbocycles. The Morgan fingerprint density at radius 3 is 2.73 bits per heavy atom. The normalized spacial score (nSPS) is 15.3. The summed E-state index contributed by atoms with van der Waals surface area (Å²) < 4.78 is 44.5. The quantitative estimate of drug-likeness (QED) is 0.938. The van der Waals surface area contributed by atoms with Crippen molar-refractivity contribution < 1.29 is 27.6 Å². The summed E-state index contributed by atoms with van der Waals surface area (Å²) in [4.78, 5) is 11.1. The van der Waals surface area contributed by atoms with Gasteiger partial charge in [-0.2, -0.15) is 18.3 Å². The molecule has 1 fully saturated rings. The van der Waals surface area contributed by atoms with Crippen molar-refractivity contribution in [3.63, 3.8) is 0 Å². The molecule has 0 spiro atoms. The van der Waals surface area contributed by atoms with Crippen LogP contribution in [-0.2, 0) is 12.7 Å². The number of hydrogen-bond acceptors (Lipinski definition) is 4. The van der Waals surface area contributed by atoms with Crippen molar-refractivity contribution >= 4 is 5.97 Å². The highest BCUT2D eigenvalue weighted by Crippen LogP contribution is 2.42. The molecule has 22 heavy (non-hydrogen) atoms. The van der Waals surface area contributed by atoms with Crippen LogP contribution in [0.3, 0.4) is 0 Å². The van der Waals surface area contributed by atoms with Crippen molar-refractivity contribution in [3.8, 4) is 0 Å². The van der Waals surface area contributed by atoms with Gasteiger partial charge in [-0.25, -0.2) is 4.79 Å². The molecule has 0 amide bonds. The smallest absolute Gasteiger partial charge is 0.435 e. The molecular formula is C13H12F3N3O3.